The van der Waals surface area contributed by atoms with Crippen LogP contribution in [-0.4, -0.2) is 104 Å². The van der Waals surface area contributed by atoms with Gasteiger partial charge in [-0.3, -0.25) is 9.59 Å². The van der Waals surface area contributed by atoms with Crippen LogP contribution >= 0.6 is 0 Å². The average Bonchev–Trinajstić information content (AvgIpc) is 0.828. The molecule has 19 nitrogen and oxygen atoms in total. The van der Waals surface area contributed by atoms with Gasteiger partial charge in [-0.15, -0.1) is 0 Å². The fourth-order valence-electron chi connectivity index (χ4n) is 13.4. The Kier molecular flexibility index (Phi) is 39.0. The van der Waals surface area contributed by atoms with E-state index in [1.807, 2.05) is 0 Å². The molecule has 0 aromatic heterocycles. The van der Waals surface area contributed by atoms with Crippen LogP contribution in [0.15, 0.2) is 110 Å². The Labute approximate surface area is 626 Å². The second-order valence-corrected chi connectivity index (χ2v) is 38.1. The summed E-state index contributed by atoms with van der Waals surface area (Å²) in [7, 11) is -4.46. The lowest BCUT2D eigenvalue weighted by Gasteiger charge is -2.34. The molecule has 0 saturated heterocycles. The van der Waals surface area contributed by atoms with E-state index in [4.69, 9.17) is 51.5 Å². The summed E-state index contributed by atoms with van der Waals surface area (Å²) < 4.78 is 64.0. The highest BCUT2D eigenvalue weighted by molar-refractivity contribution is 6.84. The minimum absolute atomic E-state index is 0.0255. The summed E-state index contributed by atoms with van der Waals surface area (Å²) in [5, 5.41) is 0. The summed E-state index contributed by atoms with van der Waals surface area (Å²) in [5.41, 5.74) is 0.424. The predicted molar refractivity (Wildman–Crippen MR) is 410 cm³/mol. The van der Waals surface area contributed by atoms with Crippen LogP contribution in [-0.2, 0) is 42.2 Å². The van der Waals surface area contributed by atoms with Crippen molar-refractivity contribution >= 4 is 64.4 Å². The number of carbonyl (C=O) groups is 8. The first kappa shape index (κ1) is 86.0. The van der Waals surface area contributed by atoms with Gasteiger partial charge in [-0.05, 0) is 251 Å². The number of hydrogen-bond donors (Lipinski definition) is 0. The fraction of sp³-hybridized carbons (Fsp3) is 0.571. The standard InChI is InChI=1S/C84H118O19Si2/c1-9-13-15-21-31-63-33-37-65(38-34-63)79(87)99-71-49-52-76(102-82(90)68-43-47-70(48-44-68)94-54-24-18-20-26-56-96-78(86)12-4)74(61-71)84(92)98-58-28-30-60-105(7,8)103-104(5,6)59-29-27-57-97-83(91)73-62-72(50-51-75(73)101-81(89)66-39-35-64(36-40-66)32-22-16-14-10-2)100-80(88)67-41-45-69(46-42-67)93-53-23-17-19-25-55-95-77(85)11-3/h11-12,41-52,61-66H,3-4,9-10,13-40,53-60H2,1-2,5-8H3. The lowest BCUT2D eigenvalue weighted by Crippen LogP contribution is -2.44. The monoisotopic (exact) mass is 1490 g/mol. The van der Waals surface area contributed by atoms with Crippen molar-refractivity contribution in [3.8, 4) is 34.5 Å². The number of carbonyl (C=O) groups excluding carboxylic acids is 8. The Morgan fingerprint density at radius 1 is 0.371 bits per heavy atom. The molecular weight excluding hydrogens is 1370 g/mol. The zero-order chi connectivity index (χ0) is 75.7. The third-order valence-corrected chi connectivity index (χ3v) is 27.0. The minimum Gasteiger partial charge on any atom is -0.494 e. The van der Waals surface area contributed by atoms with Crippen LogP contribution in [0, 0.1) is 23.7 Å². The molecule has 2 fully saturated rings. The predicted octanol–water partition coefficient (Wildman–Crippen LogP) is 19.8. The summed E-state index contributed by atoms with van der Waals surface area (Å²) in [6.45, 7) is 21.8. The minimum atomic E-state index is -2.23. The quantitative estimate of drug-likeness (QED) is 0.00997. The van der Waals surface area contributed by atoms with Gasteiger partial charge in [-0.1, -0.05) is 104 Å². The first-order chi connectivity index (χ1) is 50.7. The number of esters is 8. The van der Waals surface area contributed by atoms with E-state index in [2.05, 4.69) is 53.2 Å². The Balaban J connectivity index is 0.985. The van der Waals surface area contributed by atoms with Crippen LogP contribution in [0.2, 0.25) is 38.3 Å². The molecule has 0 atom stereocenters. The SMILES string of the molecule is C=CC(=O)OCCCCCCOc1ccc(C(=O)Oc2ccc(OC(=O)C3CCC(CCCCCC)CC3)c(C(=O)OCCCC[Si](C)(C)O[Si](C)(C)CCCCOC(=O)c3cc(OC(=O)C4CCC(CCCCCC)CC4)ccc3OC(=O)c3ccc(OCCCCCCOC(=O)C=C)cc3)c2)cc1. The Morgan fingerprint density at radius 2 is 0.724 bits per heavy atom. The van der Waals surface area contributed by atoms with E-state index in [0.29, 0.717) is 62.6 Å². The highest BCUT2D eigenvalue weighted by Gasteiger charge is 2.34. The van der Waals surface area contributed by atoms with Crippen LogP contribution < -0.4 is 28.4 Å². The van der Waals surface area contributed by atoms with Crippen LogP contribution in [0.1, 0.15) is 248 Å². The second kappa shape index (κ2) is 47.6. The molecule has 576 valence electrons. The van der Waals surface area contributed by atoms with Crippen molar-refractivity contribution < 1.29 is 89.8 Å². The van der Waals surface area contributed by atoms with Crippen molar-refractivity contribution in [1.82, 2.24) is 0 Å². The Bertz CT molecular complexity index is 3350. The van der Waals surface area contributed by atoms with E-state index in [1.165, 1.54) is 101 Å². The molecule has 0 amide bonds. The van der Waals surface area contributed by atoms with Gasteiger partial charge in [0.25, 0.3) is 0 Å². The molecule has 2 aliphatic rings. The van der Waals surface area contributed by atoms with Gasteiger partial charge < -0.3 is 51.5 Å². The number of hydrogen-bond acceptors (Lipinski definition) is 19. The van der Waals surface area contributed by atoms with Crippen LogP contribution in [0.25, 0.3) is 0 Å². The third-order valence-electron chi connectivity index (χ3n) is 19.5. The van der Waals surface area contributed by atoms with Gasteiger partial charge in [0.15, 0.2) is 16.6 Å². The molecule has 0 aliphatic heterocycles. The average molecular weight is 1490 g/mol. The highest BCUT2D eigenvalue weighted by Crippen LogP contribution is 2.37. The maximum Gasteiger partial charge on any atom is 0.343 e. The van der Waals surface area contributed by atoms with Gasteiger partial charge in [-0.2, -0.15) is 0 Å². The van der Waals surface area contributed by atoms with Crippen molar-refractivity contribution in [1.29, 1.82) is 0 Å². The summed E-state index contributed by atoms with van der Waals surface area (Å²) in [4.78, 5) is 105. The molecule has 21 heteroatoms. The van der Waals surface area contributed by atoms with Crippen molar-refractivity contribution in [3.05, 3.63) is 132 Å². The number of benzene rings is 4. The first-order valence-corrected chi connectivity index (χ1v) is 45.2. The van der Waals surface area contributed by atoms with Crippen molar-refractivity contribution in [2.45, 2.75) is 245 Å². The Hall–Kier alpha value is -7.89. The van der Waals surface area contributed by atoms with Gasteiger partial charge in [0.05, 0.1) is 62.6 Å². The van der Waals surface area contributed by atoms with Crippen molar-refractivity contribution in [2.75, 3.05) is 39.6 Å². The maximum absolute atomic E-state index is 14.0. The van der Waals surface area contributed by atoms with Gasteiger partial charge in [0.2, 0.25) is 0 Å². The molecule has 0 radical (unpaired) electrons. The van der Waals surface area contributed by atoms with Gasteiger partial charge in [-0.25, -0.2) is 28.8 Å². The lowest BCUT2D eigenvalue weighted by molar-refractivity contribution is -0.141. The molecule has 2 saturated carbocycles. The smallest absolute Gasteiger partial charge is 0.343 e. The molecule has 6 rings (SSSR count). The number of ether oxygens (including phenoxy) is 10. The number of unbranched alkanes of at least 4 members (excludes halogenated alkanes) is 14. The lowest BCUT2D eigenvalue weighted by atomic mass is 9.80. The van der Waals surface area contributed by atoms with Gasteiger partial charge >= 0.3 is 47.8 Å². The molecule has 0 heterocycles. The normalized spacial score (nSPS) is 15.8. The summed E-state index contributed by atoms with van der Waals surface area (Å²) in [5.74, 6) is -2.33. The molecule has 0 N–H and O–H groups in total. The maximum atomic E-state index is 14.0. The van der Waals surface area contributed by atoms with E-state index in [1.54, 1.807) is 48.5 Å². The molecule has 2 aliphatic carbocycles. The highest BCUT2D eigenvalue weighted by atomic mass is 28.4. The van der Waals surface area contributed by atoms with E-state index < -0.39 is 58.4 Å². The molecule has 0 spiro atoms. The fourth-order valence-corrected chi connectivity index (χ4v) is 22.4. The summed E-state index contributed by atoms with van der Waals surface area (Å²) in [6, 6.07) is 23.5. The second-order valence-electron chi connectivity index (χ2n) is 29.2. The van der Waals surface area contributed by atoms with Crippen LogP contribution in [0.5, 0.6) is 34.5 Å². The zero-order valence-electron chi connectivity index (χ0n) is 63.6. The zero-order valence-corrected chi connectivity index (χ0v) is 65.6. The van der Waals surface area contributed by atoms with E-state index in [0.717, 1.165) is 140 Å². The Morgan fingerprint density at radius 3 is 1.14 bits per heavy atom. The topological polar surface area (TPSA) is 238 Å². The third kappa shape index (κ3) is 33.2. The molecular formula is C84H118O19Si2. The van der Waals surface area contributed by atoms with Crippen molar-refractivity contribution in [3.63, 3.8) is 0 Å². The van der Waals surface area contributed by atoms with E-state index >= 15 is 0 Å². The molecule has 4 aromatic carbocycles. The van der Waals surface area contributed by atoms with Crippen LogP contribution in [0.4, 0.5) is 0 Å². The molecule has 105 heavy (non-hydrogen) atoms. The van der Waals surface area contributed by atoms with Crippen molar-refractivity contribution in [2.24, 2.45) is 23.7 Å². The number of rotatable bonds is 50. The molecule has 0 unspecified atom stereocenters. The van der Waals surface area contributed by atoms with Crippen LogP contribution in [0.3, 0.4) is 0 Å². The largest absolute Gasteiger partial charge is 0.494 e. The van der Waals surface area contributed by atoms with E-state index in [-0.39, 0.29) is 76.3 Å². The summed E-state index contributed by atoms with van der Waals surface area (Å²) in [6.07, 6.45) is 30.4. The summed E-state index contributed by atoms with van der Waals surface area (Å²) >= 11 is 0. The molecule has 4 aromatic rings. The first-order valence-electron chi connectivity index (χ1n) is 38.9. The van der Waals surface area contributed by atoms with Gasteiger partial charge in [0.1, 0.15) is 45.6 Å². The molecule has 0 bridgehead atoms. The van der Waals surface area contributed by atoms with E-state index in [9.17, 15) is 38.4 Å². The van der Waals surface area contributed by atoms with Gasteiger partial charge in [0, 0.05) is 12.2 Å².